The Morgan fingerprint density at radius 3 is 2.61 bits per heavy atom. The Hall–Kier alpha value is -3.71. The van der Waals surface area contributed by atoms with Gasteiger partial charge in [-0.1, -0.05) is 35.9 Å². The summed E-state index contributed by atoms with van der Waals surface area (Å²) in [6.45, 7) is 2.42. The van der Waals surface area contributed by atoms with Crippen molar-refractivity contribution >= 4 is 34.9 Å². The fourth-order valence-corrected chi connectivity index (χ4v) is 3.83. The standard InChI is InChI=1S/C25H24ClN3O4/c1-16-24(30)29(14-17-6-3-4-9-22(17)26)15-18-12-20(10-11-23(18)33-16)28-25(31)27-19-7-5-8-21(13-19)32-2/h3-13,16H,14-15H2,1-2H3,(H2,27,28,31). The first kappa shape index (κ1) is 22.5. The van der Waals surface area contributed by atoms with E-state index in [4.69, 9.17) is 21.1 Å². The molecule has 3 aromatic rings. The predicted molar refractivity (Wildman–Crippen MR) is 128 cm³/mol. The molecule has 0 saturated carbocycles. The van der Waals surface area contributed by atoms with Crippen LogP contribution in [0.1, 0.15) is 18.1 Å². The van der Waals surface area contributed by atoms with Crippen LogP contribution in [-0.4, -0.2) is 30.1 Å². The van der Waals surface area contributed by atoms with E-state index in [1.54, 1.807) is 61.4 Å². The van der Waals surface area contributed by atoms with Crippen molar-refractivity contribution in [1.29, 1.82) is 0 Å². The van der Waals surface area contributed by atoms with Gasteiger partial charge < -0.3 is 25.0 Å². The maximum absolute atomic E-state index is 12.9. The Balaban J connectivity index is 1.51. The molecule has 0 saturated heterocycles. The first-order valence-electron chi connectivity index (χ1n) is 10.5. The molecule has 4 rings (SSSR count). The Kier molecular flexibility index (Phi) is 6.70. The second-order valence-electron chi connectivity index (χ2n) is 7.68. The Labute approximate surface area is 197 Å². The van der Waals surface area contributed by atoms with Crippen LogP contribution in [0.25, 0.3) is 0 Å². The highest BCUT2D eigenvalue weighted by atomic mass is 35.5. The highest BCUT2D eigenvalue weighted by Gasteiger charge is 2.28. The minimum atomic E-state index is -0.635. The zero-order valence-electron chi connectivity index (χ0n) is 18.3. The van der Waals surface area contributed by atoms with Crippen LogP contribution in [0.15, 0.2) is 66.7 Å². The summed E-state index contributed by atoms with van der Waals surface area (Å²) in [5.74, 6) is 1.13. The summed E-state index contributed by atoms with van der Waals surface area (Å²) in [4.78, 5) is 27.1. The highest BCUT2D eigenvalue weighted by Crippen LogP contribution is 2.30. The molecule has 0 radical (unpaired) electrons. The normalized spacial score (nSPS) is 15.2. The van der Waals surface area contributed by atoms with E-state index in [-0.39, 0.29) is 5.91 Å². The summed E-state index contributed by atoms with van der Waals surface area (Å²) in [6, 6.07) is 19.4. The molecule has 170 valence electrons. The molecule has 0 aromatic heterocycles. The van der Waals surface area contributed by atoms with Crippen molar-refractivity contribution in [2.24, 2.45) is 0 Å². The van der Waals surface area contributed by atoms with Gasteiger partial charge in [0.15, 0.2) is 6.10 Å². The lowest BCUT2D eigenvalue weighted by atomic mass is 10.1. The molecule has 0 fully saturated rings. The van der Waals surface area contributed by atoms with Crippen LogP contribution in [0.3, 0.4) is 0 Å². The van der Waals surface area contributed by atoms with E-state index in [9.17, 15) is 9.59 Å². The number of rotatable bonds is 5. The summed E-state index contributed by atoms with van der Waals surface area (Å²) >= 11 is 6.31. The highest BCUT2D eigenvalue weighted by molar-refractivity contribution is 6.31. The molecule has 7 nitrogen and oxygen atoms in total. The number of carbonyl (C=O) groups excluding carboxylic acids is 2. The fourth-order valence-electron chi connectivity index (χ4n) is 3.64. The molecule has 1 atom stereocenters. The van der Waals surface area contributed by atoms with Gasteiger partial charge in [0, 0.05) is 41.1 Å². The number of urea groups is 1. The van der Waals surface area contributed by atoms with E-state index in [2.05, 4.69) is 10.6 Å². The molecule has 1 aliphatic heterocycles. The zero-order valence-corrected chi connectivity index (χ0v) is 19.1. The van der Waals surface area contributed by atoms with Crippen molar-refractivity contribution in [2.45, 2.75) is 26.1 Å². The lowest BCUT2D eigenvalue weighted by molar-refractivity contribution is -0.138. The smallest absolute Gasteiger partial charge is 0.323 e. The monoisotopic (exact) mass is 465 g/mol. The molecule has 0 spiro atoms. The van der Waals surface area contributed by atoms with Gasteiger partial charge >= 0.3 is 6.03 Å². The quantitative estimate of drug-likeness (QED) is 0.535. The fraction of sp³-hybridized carbons (Fsp3) is 0.200. The topological polar surface area (TPSA) is 79.9 Å². The van der Waals surface area contributed by atoms with Crippen LogP contribution in [0, 0.1) is 0 Å². The molecule has 1 unspecified atom stereocenters. The van der Waals surface area contributed by atoms with Gasteiger partial charge in [-0.2, -0.15) is 0 Å². The molecule has 8 heteroatoms. The average Bonchev–Trinajstić information content (AvgIpc) is 2.91. The molecule has 1 heterocycles. The molecule has 3 amide bonds. The molecule has 3 aromatic carbocycles. The van der Waals surface area contributed by atoms with Crippen LogP contribution in [0.5, 0.6) is 11.5 Å². The second-order valence-corrected chi connectivity index (χ2v) is 8.09. The summed E-state index contributed by atoms with van der Waals surface area (Å²) in [5.41, 5.74) is 2.83. The van der Waals surface area contributed by atoms with E-state index in [1.165, 1.54) is 0 Å². The molecule has 0 aliphatic carbocycles. The second kappa shape index (κ2) is 9.83. The summed E-state index contributed by atoms with van der Waals surface area (Å²) < 4.78 is 11.1. The van der Waals surface area contributed by atoms with Crippen LogP contribution in [0.2, 0.25) is 5.02 Å². The first-order chi connectivity index (χ1) is 15.9. The zero-order chi connectivity index (χ0) is 23.4. The summed E-state index contributed by atoms with van der Waals surface area (Å²) in [6.07, 6.45) is -0.635. The molecular formula is C25H24ClN3O4. The van der Waals surface area contributed by atoms with E-state index in [0.29, 0.717) is 41.0 Å². The van der Waals surface area contributed by atoms with Crippen LogP contribution >= 0.6 is 11.6 Å². The van der Waals surface area contributed by atoms with Gasteiger partial charge in [-0.25, -0.2) is 4.79 Å². The van der Waals surface area contributed by atoms with Crippen LogP contribution < -0.4 is 20.1 Å². The van der Waals surface area contributed by atoms with Gasteiger partial charge in [0.2, 0.25) is 0 Å². The Morgan fingerprint density at radius 1 is 1.09 bits per heavy atom. The summed E-state index contributed by atoms with van der Waals surface area (Å²) in [5, 5.41) is 6.21. The number of anilines is 2. The Bertz CT molecular complexity index is 1180. The lowest BCUT2D eigenvalue weighted by Crippen LogP contribution is -2.37. The van der Waals surface area contributed by atoms with E-state index in [0.717, 1.165) is 11.1 Å². The van der Waals surface area contributed by atoms with Crippen LogP contribution in [-0.2, 0) is 17.9 Å². The van der Waals surface area contributed by atoms with Gasteiger partial charge in [-0.05, 0) is 48.9 Å². The number of nitrogens with zero attached hydrogens (tertiary/aromatic N) is 1. The molecule has 1 aliphatic rings. The molecule has 2 N–H and O–H groups in total. The number of hydrogen-bond donors (Lipinski definition) is 2. The van der Waals surface area contributed by atoms with E-state index >= 15 is 0 Å². The third-order valence-electron chi connectivity index (χ3n) is 5.29. The van der Waals surface area contributed by atoms with Crippen LogP contribution in [0.4, 0.5) is 16.2 Å². The van der Waals surface area contributed by atoms with Crippen molar-refractivity contribution in [3.05, 3.63) is 82.9 Å². The molecular weight excluding hydrogens is 442 g/mol. The van der Waals surface area contributed by atoms with Crippen molar-refractivity contribution in [2.75, 3.05) is 17.7 Å². The average molecular weight is 466 g/mol. The third kappa shape index (κ3) is 5.38. The largest absolute Gasteiger partial charge is 0.497 e. The predicted octanol–water partition coefficient (Wildman–Crippen LogP) is 5.30. The number of halogens is 1. The van der Waals surface area contributed by atoms with Gasteiger partial charge in [-0.15, -0.1) is 0 Å². The van der Waals surface area contributed by atoms with Crippen molar-refractivity contribution in [1.82, 2.24) is 4.90 Å². The number of fused-ring (bicyclic) bond motifs is 1. The number of nitrogens with one attached hydrogen (secondary N) is 2. The number of carbonyl (C=O) groups is 2. The SMILES string of the molecule is COc1cccc(NC(=O)Nc2ccc3c(c2)CN(Cc2ccccc2Cl)C(=O)C(C)O3)c1. The third-order valence-corrected chi connectivity index (χ3v) is 5.66. The number of methoxy groups -OCH3 is 1. The number of amides is 3. The van der Waals surface area contributed by atoms with Crippen molar-refractivity contribution in [3.8, 4) is 11.5 Å². The number of benzene rings is 3. The lowest BCUT2D eigenvalue weighted by Gasteiger charge is -2.22. The van der Waals surface area contributed by atoms with Crippen molar-refractivity contribution < 1.29 is 19.1 Å². The van der Waals surface area contributed by atoms with Gasteiger partial charge in [0.25, 0.3) is 5.91 Å². The molecule has 33 heavy (non-hydrogen) atoms. The maximum Gasteiger partial charge on any atom is 0.323 e. The number of ether oxygens (including phenoxy) is 2. The minimum Gasteiger partial charge on any atom is -0.497 e. The maximum atomic E-state index is 12.9. The van der Waals surface area contributed by atoms with Gasteiger partial charge in [0.05, 0.1) is 7.11 Å². The molecule has 0 bridgehead atoms. The van der Waals surface area contributed by atoms with Gasteiger partial charge in [0.1, 0.15) is 11.5 Å². The summed E-state index contributed by atoms with van der Waals surface area (Å²) in [7, 11) is 1.57. The minimum absolute atomic E-state index is 0.128. The van der Waals surface area contributed by atoms with E-state index < -0.39 is 12.1 Å². The Morgan fingerprint density at radius 2 is 1.85 bits per heavy atom. The van der Waals surface area contributed by atoms with Crippen molar-refractivity contribution in [3.63, 3.8) is 0 Å². The van der Waals surface area contributed by atoms with E-state index in [1.807, 2.05) is 24.3 Å². The number of hydrogen-bond acceptors (Lipinski definition) is 4. The first-order valence-corrected chi connectivity index (χ1v) is 10.8. The van der Waals surface area contributed by atoms with Gasteiger partial charge in [-0.3, -0.25) is 4.79 Å².